The standard InChI is InChI=1S/C27H28N2O5S2.C26H26N2O5S2.C23H18Cl2N2O5S2.C20H19N3O4S/c1-16(22-15-36-25(24(22)30)18-7-9-19(10-8-18)27(2,3)4)28-14-20(35)12-17-6-11-21(26(31)34-5)23(13-17)29(32)33;1-15(21-14-35-24(23(21)29)17-6-8-18(9-7-17)26(2,3)4)27-13-19(34)11-16-5-10-20(25(30)31)22(12-16)28(32)33;1-12(17-11-34-22(21(17)28)14-4-6-18(24)19(25)9-14)26-10-15(33)7-13-3-5-16(23(29)32-2)20(8-13)27(30)31;1-11-4-6-13(7-5-11)18-19(25)17(22-23(18)3)12(2)21-10-14(24)15-8-9-16(28-15)20(26)27/h6-11,13,15,30H,12,14H2,1-5H3;5-10,12,14,29H,11,13H2,1-4H3,(H,30,31);3-6,8-9,11,28H,7,10H2,1-2H3;4-9,25H,10H2,1-3H3,(H,26,27). The summed E-state index contributed by atoms with van der Waals surface area (Å²) >= 11 is 33.5. The molecule has 12 rings (SSSR count). The van der Waals surface area contributed by atoms with E-state index in [1.165, 1.54) is 107 Å². The van der Waals surface area contributed by atoms with E-state index in [2.05, 4.69) is 100 Å². The fourth-order valence-electron chi connectivity index (χ4n) is 13.0. The highest BCUT2D eigenvalue weighted by Crippen LogP contribution is 2.44. The molecule has 6 N–H and O–H groups in total. The van der Waals surface area contributed by atoms with Crippen molar-refractivity contribution in [1.29, 1.82) is 0 Å². The summed E-state index contributed by atoms with van der Waals surface area (Å²) in [6.45, 7) is 22.4. The monoisotopic (exact) mass is 1970 g/mol. The fraction of sp³-hybridized carbons (Fsp3) is 0.240. The Kier molecular flexibility index (Phi) is 35.8. The van der Waals surface area contributed by atoms with Gasteiger partial charge in [-0.05, 0) is 132 Å². The number of aromatic hydroxyl groups is 4. The predicted molar refractivity (Wildman–Crippen MR) is 538 cm³/mol. The van der Waals surface area contributed by atoms with Crippen molar-refractivity contribution in [3.05, 3.63) is 296 Å². The number of Topliss-reactive ketones (excluding diaryl/α,β-unsaturated/α-hetero) is 1. The van der Waals surface area contributed by atoms with Crippen LogP contribution in [0.1, 0.15) is 175 Å². The number of nitrogens with zero attached hydrogens (tertiary/aromatic N) is 9. The van der Waals surface area contributed by atoms with Crippen molar-refractivity contribution in [1.82, 2.24) is 9.78 Å². The van der Waals surface area contributed by atoms with E-state index in [0.29, 0.717) is 102 Å². The summed E-state index contributed by atoms with van der Waals surface area (Å²) in [7, 11) is 4.07. The van der Waals surface area contributed by atoms with E-state index in [0.717, 1.165) is 56.0 Å². The minimum Gasteiger partial charge on any atom is -0.506 e. The maximum absolute atomic E-state index is 12.2. The summed E-state index contributed by atoms with van der Waals surface area (Å²) < 4.78 is 10.8. The third kappa shape index (κ3) is 27.2. The van der Waals surface area contributed by atoms with Gasteiger partial charge >= 0.3 is 23.9 Å². The first-order chi connectivity index (χ1) is 62.7. The number of hydrogen-bond acceptors (Lipinski definition) is 29. The van der Waals surface area contributed by atoms with Crippen LogP contribution in [0.4, 0.5) is 17.1 Å². The highest BCUT2D eigenvalue weighted by Gasteiger charge is 2.28. The number of halogens is 2. The molecule has 0 fully saturated rings. The topological polar surface area (TPSA) is 422 Å². The zero-order valence-corrected chi connectivity index (χ0v) is 81.5. The normalized spacial score (nSPS) is 11.7. The van der Waals surface area contributed by atoms with Gasteiger partial charge in [-0.25, -0.2) is 19.2 Å². The second-order valence-electron chi connectivity index (χ2n) is 32.1. The lowest BCUT2D eigenvalue weighted by atomic mass is 9.86. The smallest absolute Gasteiger partial charge is 0.345 e. The van der Waals surface area contributed by atoms with Crippen LogP contribution in [0.5, 0.6) is 23.0 Å². The second kappa shape index (κ2) is 45.9. The van der Waals surface area contributed by atoms with Crippen LogP contribution in [0.25, 0.3) is 42.6 Å². The number of benzene rings is 7. The molecule has 0 atom stereocenters. The molecule has 690 valence electrons. The summed E-state index contributed by atoms with van der Waals surface area (Å²) in [5.41, 5.74) is 12.1. The van der Waals surface area contributed by atoms with Crippen molar-refractivity contribution in [2.45, 2.75) is 106 Å². The number of ketones is 1. The molecule has 0 saturated carbocycles. The SMILES string of the molecule is CC(=NCC(=O)c1ccc(C(=O)O)s1)c1nn(C)c(-c2ccc(C)cc2)c1O.CC(=NCC(=S)Cc1ccc(C(=O)O)c([N+](=O)[O-])c1)c1csc(-c2ccc(C(C)(C)C)cc2)c1O.COC(=O)c1ccc(CC(=S)CN=C(C)c2csc(-c3ccc(C(C)(C)C)cc3)c2O)cc1[N+](=O)[O-].COC(=O)c1ccc(CC(=S)CN=C(C)c2csc(-c3ccc(Cl)c(Cl)c3)c2O)cc1[N+](=O)[O-]. The number of thiophene rings is 4. The molecule has 0 saturated heterocycles. The number of aromatic carboxylic acids is 2. The first kappa shape index (κ1) is 104. The Hall–Kier alpha value is -13.0. The number of carboxylic acid groups (broad SMARTS) is 2. The fourth-order valence-corrected chi connectivity index (χ4v) is 17.8. The van der Waals surface area contributed by atoms with E-state index >= 15 is 0 Å². The molecule has 0 bridgehead atoms. The highest BCUT2D eigenvalue weighted by atomic mass is 35.5. The number of thiocarbonyl (C=S) groups is 3. The van der Waals surface area contributed by atoms with Gasteiger partial charge < -0.3 is 40.1 Å². The minimum absolute atomic E-state index is 0.00402. The van der Waals surface area contributed by atoms with Gasteiger partial charge in [0.05, 0.1) is 83.9 Å². The van der Waals surface area contributed by atoms with Gasteiger partial charge in [-0.2, -0.15) is 5.10 Å². The molecule has 5 heterocycles. The van der Waals surface area contributed by atoms with Gasteiger partial charge in [0.1, 0.15) is 56.7 Å². The van der Waals surface area contributed by atoms with Crippen LogP contribution in [0.2, 0.25) is 10.0 Å². The Bertz CT molecular complexity index is 6630. The molecule has 37 heteroatoms. The number of hydrogen-bond donors (Lipinski definition) is 6. The Morgan fingerprint density at radius 3 is 1.15 bits per heavy atom. The number of methoxy groups -OCH3 is 2. The number of aryl methyl sites for hydroxylation is 2. The van der Waals surface area contributed by atoms with E-state index in [4.69, 9.17) is 70.1 Å². The van der Waals surface area contributed by atoms with Crippen molar-refractivity contribution in [3.63, 3.8) is 0 Å². The summed E-state index contributed by atoms with van der Waals surface area (Å²) in [5.74, 6) is -3.81. The number of ether oxygens (including phenoxy) is 2. The minimum atomic E-state index is -1.36. The average Bonchev–Trinajstić information content (AvgIpc) is 1.68. The second-order valence-corrected chi connectivity index (χ2v) is 38.3. The van der Waals surface area contributed by atoms with Gasteiger partial charge in [-0.15, -0.1) is 45.3 Å². The molecule has 133 heavy (non-hydrogen) atoms. The van der Waals surface area contributed by atoms with E-state index in [9.17, 15) is 74.7 Å². The Morgan fingerprint density at radius 2 is 0.797 bits per heavy atom. The summed E-state index contributed by atoms with van der Waals surface area (Å²) in [6.07, 6.45) is 0.793. The molecule has 7 aromatic carbocycles. The quantitative estimate of drug-likeness (QED) is 0.00608. The molecule has 5 aromatic heterocycles. The van der Waals surface area contributed by atoms with Crippen molar-refractivity contribution in [2.24, 2.45) is 27.0 Å². The number of carbonyl (C=O) groups excluding carboxylic acids is 3. The van der Waals surface area contributed by atoms with Crippen molar-refractivity contribution in [3.8, 4) is 65.6 Å². The zero-order chi connectivity index (χ0) is 97.9. The van der Waals surface area contributed by atoms with Gasteiger partial charge in [0.25, 0.3) is 17.1 Å². The number of carbonyl (C=O) groups is 5. The number of aromatic nitrogens is 2. The molecule has 0 unspecified atom stereocenters. The first-order valence-corrected chi connectivity index (χ1v) is 45.7. The molecular formula is C96H91Cl2N9O19S7. The van der Waals surface area contributed by atoms with Gasteiger partial charge in [0.2, 0.25) is 0 Å². The van der Waals surface area contributed by atoms with Gasteiger partial charge in [0, 0.05) is 115 Å². The molecule has 0 aliphatic heterocycles. The maximum Gasteiger partial charge on any atom is 0.345 e. The van der Waals surface area contributed by atoms with Crippen LogP contribution in [-0.2, 0) is 46.6 Å². The number of carboxylic acids is 2. The predicted octanol–water partition coefficient (Wildman–Crippen LogP) is 23.1. The van der Waals surface area contributed by atoms with E-state index < -0.39 is 44.3 Å². The Labute approximate surface area is 807 Å². The van der Waals surface area contributed by atoms with Crippen LogP contribution >= 0.6 is 105 Å². The summed E-state index contributed by atoms with van der Waals surface area (Å²) in [6, 6.07) is 44.6. The summed E-state index contributed by atoms with van der Waals surface area (Å²) in [4.78, 5) is 112. The third-order valence-corrected chi connectivity index (χ3v) is 26.1. The van der Waals surface area contributed by atoms with Crippen LogP contribution < -0.4 is 0 Å². The molecule has 0 aliphatic carbocycles. The van der Waals surface area contributed by atoms with Gasteiger partial charge in [-0.3, -0.25) is 59.8 Å². The molecule has 0 aliphatic rings. The molecule has 28 nitrogen and oxygen atoms in total. The third-order valence-electron chi connectivity index (χ3n) is 20.4. The number of nitro benzene ring substituents is 3. The van der Waals surface area contributed by atoms with Crippen LogP contribution in [0.15, 0.2) is 194 Å². The molecule has 12 aromatic rings. The van der Waals surface area contributed by atoms with E-state index in [1.54, 1.807) is 68.2 Å². The lowest BCUT2D eigenvalue weighted by Gasteiger charge is -2.19. The van der Waals surface area contributed by atoms with Crippen LogP contribution in [0, 0.1) is 37.3 Å². The van der Waals surface area contributed by atoms with Crippen molar-refractivity contribution >= 4 is 189 Å². The van der Waals surface area contributed by atoms with Gasteiger partial charge in [-0.1, -0.05) is 204 Å². The zero-order valence-electron chi connectivity index (χ0n) is 74.3. The Balaban J connectivity index is 0.000000200. The van der Waals surface area contributed by atoms with E-state index in [1.807, 2.05) is 73.1 Å². The summed E-state index contributed by atoms with van der Waals surface area (Å²) in [5, 5.41) is 106. The van der Waals surface area contributed by atoms with Crippen LogP contribution in [-0.4, -0.2) is 163 Å². The number of esters is 2. The maximum atomic E-state index is 12.2. The highest BCUT2D eigenvalue weighted by molar-refractivity contribution is 7.80. The number of rotatable bonds is 30. The molecule has 0 radical (unpaired) electrons. The molecule has 0 spiro atoms. The average molecular weight is 1970 g/mol. The van der Waals surface area contributed by atoms with Crippen molar-refractivity contribution < 1.29 is 78.9 Å². The van der Waals surface area contributed by atoms with E-state index in [-0.39, 0.29) is 118 Å². The first-order valence-electron chi connectivity index (χ1n) is 40.3. The largest absolute Gasteiger partial charge is 0.506 e. The lowest BCUT2D eigenvalue weighted by Crippen LogP contribution is -2.10. The lowest BCUT2D eigenvalue weighted by molar-refractivity contribution is -0.385. The number of nitro groups is 3. The Morgan fingerprint density at radius 1 is 0.444 bits per heavy atom. The van der Waals surface area contributed by atoms with Gasteiger partial charge in [0.15, 0.2) is 11.5 Å². The molecule has 0 amide bonds. The number of aliphatic imine (C=N–C) groups is 4. The van der Waals surface area contributed by atoms with Crippen LogP contribution in [0.3, 0.4) is 0 Å². The molecular weight excluding hydrogens is 1880 g/mol. The van der Waals surface area contributed by atoms with Crippen molar-refractivity contribution in [2.75, 3.05) is 40.4 Å².